The summed E-state index contributed by atoms with van der Waals surface area (Å²) >= 11 is 8.26. The van der Waals surface area contributed by atoms with Crippen molar-refractivity contribution in [3.63, 3.8) is 0 Å². The predicted octanol–water partition coefficient (Wildman–Crippen LogP) is 3.42. The van der Waals surface area contributed by atoms with E-state index in [9.17, 15) is 30.0 Å². The largest absolute Gasteiger partial charge is 0.490 e. The highest BCUT2D eigenvalue weighted by Gasteiger charge is 2.48. The molecule has 2 amide bonds. The Hall–Kier alpha value is -3.27. The fraction of sp³-hybridized carbons (Fsp3) is 0.500. The average molecular weight is 758 g/mol. The molecular weight excluding hydrogens is 710 g/mol. The SMILES string of the molecule is CC(=O)NCCN(CCCCSc1ccc(Cl)c(COC2(c3cnccc3-c3ccccc3OC3CC3)CC2)c1)C(=O)[C@@H](O)[C@@H](O)[C@H](O)[C@@H](O)CO. The molecule has 0 unspecified atom stereocenters. The molecule has 2 aromatic carbocycles. The van der Waals surface area contributed by atoms with Gasteiger partial charge in [0.2, 0.25) is 5.91 Å². The molecule has 6 N–H and O–H groups in total. The monoisotopic (exact) mass is 757 g/mol. The van der Waals surface area contributed by atoms with E-state index in [1.807, 2.05) is 48.7 Å². The van der Waals surface area contributed by atoms with E-state index in [1.54, 1.807) is 18.0 Å². The van der Waals surface area contributed by atoms with Gasteiger partial charge in [-0.15, -0.1) is 11.8 Å². The van der Waals surface area contributed by atoms with E-state index >= 15 is 0 Å². The van der Waals surface area contributed by atoms with Crippen molar-refractivity contribution in [1.82, 2.24) is 15.2 Å². The summed E-state index contributed by atoms with van der Waals surface area (Å²) in [5.74, 6) is 0.442. The van der Waals surface area contributed by atoms with Crippen LogP contribution in [0.3, 0.4) is 0 Å². The highest BCUT2D eigenvalue weighted by Crippen LogP contribution is 2.53. The minimum atomic E-state index is -2.03. The first kappa shape index (κ1) is 39.9. The molecule has 4 atom stereocenters. The van der Waals surface area contributed by atoms with Crippen LogP contribution in [0.15, 0.2) is 65.8 Å². The van der Waals surface area contributed by atoms with Crippen LogP contribution in [0.2, 0.25) is 5.02 Å². The number of amides is 2. The van der Waals surface area contributed by atoms with Crippen molar-refractivity contribution in [2.45, 2.75) is 93.1 Å². The van der Waals surface area contributed by atoms with E-state index in [4.69, 9.17) is 26.2 Å². The molecular formula is C38H48ClN3O9S. The van der Waals surface area contributed by atoms with Crippen molar-refractivity contribution >= 4 is 35.2 Å². The molecule has 2 saturated carbocycles. The number of thioether (sulfide) groups is 1. The van der Waals surface area contributed by atoms with Crippen molar-refractivity contribution in [2.75, 3.05) is 32.0 Å². The molecule has 0 bridgehead atoms. The summed E-state index contributed by atoms with van der Waals surface area (Å²) in [5.41, 5.74) is 3.53. The molecule has 0 radical (unpaired) electrons. The van der Waals surface area contributed by atoms with Crippen molar-refractivity contribution in [3.8, 4) is 16.9 Å². The lowest BCUT2D eigenvalue weighted by atomic mass is 9.96. The van der Waals surface area contributed by atoms with Gasteiger partial charge in [0.05, 0.1) is 24.9 Å². The number of pyridine rings is 1. The number of benzene rings is 2. The van der Waals surface area contributed by atoms with Crippen molar-refractivity contribution in [1.29, 1.82) is 0 Å². The van der Waals surface area contributed by atoms with Crippen LogP contribution < -0.4 is 10.1 Å². The smallest absolute Gasteiger partial charge is 0.254 e. The molecule has 1 aromatic heterocycles. The third-order valence-corrected chi connectivity index (χ3v) is 10.6. The van der Waals surface area contributed by atoms with Crippen molar-refractivity contribution in [2.24, 2.45) is 0 Å². The number of carbonyl (C=O) groups excluding carboxylic acids is 2. The van der Waals surface area contributed by atoms with E-state index in [0.717, 1.165) is 58.6 Å². The Labute approximate surface area is 313 Å². The van der Waals surface area contributed by atoms with Gasteiger partial charge in [-0.25, -0.2) is 0 Å². The van der Waals surface area contributed by atoms with Gasteiger partial charge < -0.3 is 45.2 Å². The Bertz CT molecular complexity index is 1660. The molecule has 2 aliphatic rings. The van der Waals surface area contributed by atoms with Gasteiger partial charge in [0.1, 0.15) is 24.1 Å². The summed E-state index contributed by atoms with van der Waals surface area (Å²) in [6.45, 7) is 1.22. The fourth-order valence-electron chi connectivity index (χ4n) is 5.87. The molecule has 2 fully saturated rings. The number of aliphatic hydroxyl groups excluding tert-OH is 5. The molecule has 12 nitrogen and oxygen atoms in total. The Balaban J connectivity index is 1.16. The number of nitrogens with zero attached hydrogens (tertiary/aromatic N) is 2. The summed E-state index contributed by atoms with van der Waals surface area (Å²) in [6.07, 6.45) is 1.42. The summed E-state index contributed by atoms with van der Waals surface area (Å²) in [4.78, 5) is 31.1. The number of aliphatic hydroxyl groups is 5. The zero-order valence-electron chi connectivity index (χ0n) is 29.2. The first-order chi connectivity index (χ1) is 25.0. The van der Waals surface area contributed by atoms with Crippen LogP contribution in [-0.4, -0.2) is 110 Å². The van der Waals surface area contributed by atoms with Gasteiger partial charge in [-0.2, -0.15) is 0 Å². The Morgan fingerprint density at radius 2 is 1.81 bits per heavy atom. The Morgan fingerprint density at radius 3 is 2.52 bits per heavy atom. The van der Waals surface area contributed by atoms with Crippen LogP contribution in [0.1, 0.15) is 56.6 Å². The summed E-state index contributed by atoms with van der Waals surface area (Å²) in [7, 11) is 0. The van der Waals surface area contributed by atoms with Crippen LogP contribution in [0.25, 0.3) is 11.1 Å². The molecule has 0 saturated heterocycles. The van der Waals surface area contributed by atoms with E-state index in [-0.39, 0.29) is 31.6 Å². The standard InChI is InChI=1S/C38H48ClN3O9S/c1-24(44)41-16-18-42(37(49)36(48)35(47)34(46)32(45)22-43)17-4-5-19-52-27-10-11-31(39)25(20-27)23-50-38(13-14-38)30-21-40-15-12-28(30)29-6-2-3-7-33(29)51-26-8-9-26/h2-3,6-7,10-12,15,20-21,26,32,34-36,43,45-48H,4-5,8-9,13-14,16-19,22-23H2,1H3,(H,41,44)/t32-,34+,35-,36-/m0/s1. The molecule has 1 heterocycles. The zero-order valence-corrected chi connectivity index (χ0v) is 30.8. The lowest BCUT2D eigenvalue weighted by Gasteiger charge is -2.30. The van der Waals surface area contributed by atoms with Crippen molar-refractivity contribution < 1.29 is 44.6 Å². The maximum absolute atomic E-state index is 13.0. The highest BCUT2D eigenvalue weighted by atomic mass is 35.5. The number of para-hydroxylation sites is 1. The number of hydrogen-bond acceptors (Lipinski definition) is 11. The van der Waals surface area contributed by atoms with Crippen LogP contribution in [0, 0.1) is 0 Å². The number of unbranched alkanes of at least 4 members (excludes halogenated alkanes) is 1. The van der Waals surface area contributed by atoms with Gasteiger partial charge in [-0.1, -0.05) is 29.8 Å². The highest BCUT2D eigenvalue weighted by molar-refractivity contribution is 7.99. The number of hydrogen-bond donors (Lipinski definition) is 6. The molecule has 2 aliphatic carbocycles. The number of ether oxygens (including phenoxy) is 2. The summed E-state index contributed by atoms with van der Waals surface area (Å²) in [6, 6.07) is 16.0. The first-order valence-electron chi connectivity index (χ1n) is 17.6. The number of aromatic nitrogens is 1. The molecule has 3 aromatic rings. The molecule has 14 heteroatoms. The van der Waals surface area contributed by atoms with Gasteiger partial charge in [0, 0.05) is 60.0 Å². The summed E-state index contributed by atoms with van der Waals surface area (Å²) in [5, 5.41) is 52.5. The van der Waals surface area contributed by atoms with Crippen LogP contribution in [-0.2, 0) is 26.5 Å². The van der Waals surface area contributed by atoms with Gasteiger partial charge in [0.25, 0.3) is 5.91 Å². The molecule has 0 aliphatic heterocycles. The van der Waals surface area contributed by atoms with Crippen molar-refractivity contribution in [3.05, 3.63) is 77.1 Å². The number of carbonyl (C=O) groups is 2. The molecule has 0 spiro atoms. The normalized spacial score (nSPS) is 17.1. The van der Waals surface area contributed by atoms with E-state index in [2.05, 4.69) is 16.4 Å². The van der Waals surface area contributed by atoms with Crippen LogP contribution in [0.4, 0.5) is 0 Å². The number of rotatable bonds is 21. The fourth-order valence-corrected chi connectivity index (χ4v) is 7.02. The second-order valence-corrected chi connectivity index (χ2v) is 14.9. The lowest BCUT2D eigenvalue weighted by Crippen LogP contribution is -2.53. The maximum Gasteiger partial charge on any atom is 0.254 e. The minimum absolute atomic E-state index is 0.0668. The van der Waals surface area contributed by atoms with Gasteiger partial charge in [-0.05, 0) is 85.7 Å². The van der Waals surface area contributed by atoms with Gasteiger partial charge in [0.15, 0.2) is 6.10 Å². The second-order valence-electron chi connectivity index (χ2n) is 13.3. The molecule has 52 heavy (non-hydrogen) atoms. The second kappa shape index (κ2) is 18.7. The van der Waals surface area contributed by atoms with Gasteiger partial charge >= 0.3 is 0 Å². The zero-order chi connectivity index (χ0) is 37.3. The quantitative estimate of drug-likeness (QED) is 0.0692. The number of nitrogens with one attached hydrogen (secondary N) is 1. The van der Waals surface area contributed by atoms with E-state index in [0.29, 0.717) is 30.2 Å². The average Bonchev–Trinajstić information content (AvgIpc) is 4.10. The van der Waals surface area contributed by atoms with E-state index in [1.165, 1.54) is 11.8 Å². The van der Waals surface area contributed by atoms with Crippen LogP contribution in [0.5, 0.6) is 5.75 Å². The minimum Gasteiger partial charge on any atom is -0.490 e. The molecule has 282 valence electrons. The molecule has 5 rings (SSSR count). The van der Waals surface area contributed by atoms with Crippen LogP contribution >= 0.6 is 23.4 Å². The topological polar surface area (TPSA) is 182 Å². The van der Waals surface area contributed by atoms with Gasteiger partial charge in [-0.3, -0.25) is 14.6 Å². The first-order valence-corrected chi connectivity index (χ1v) is 19.0. The third kappa shape index (κ3) is 10.7. The Morgan fingerprint density at radius 1 is 1.04 bits per heavy atom. The number of halogens is 1. The maximum atomic E-state index is 13.0. The predicted molar refractivity (Wildman–Crippen MR) is 197 cm³/mol. The lowest BCUT2D eigenvalue weighted by molar-refractivity contribution is -0.158. The Kier molecular flexibility index (Phi) is 14.3. The summed E-state index contributed by atoms with van der Waals surface area (Å²) < 4.78 is 12.9. The van der Waals surface area contributed by atoms with E-state index < -0.39 is 42.5 Å². The third-order valence-electron chi connectivity index (χ3n) is 9.20.